The second-order valence-corrected chi connectivity index (χ2v) is 6.66. The molecule has 0 aliphatic carbocycles. The van der Waals surface area contributed by atoms with E-state index in [0.29, 0.717) is 0 Å². The van der Waals surface area contributed by atoms with E-state index in [1.807, 2.05) is 40.7 Å². The van der Waals surface area contributed by atoms with Crippen LogP contribution in [0.25, 0.3) is 10.9 Å². The average molecular weight is 288 g/mol. The van der Waals surface area contributed by atoms with E-state index < -0.39 is 7.12 Å². The fourth-order valence-corrected chi connectivity index (χ4v) is 2.63. The molecule has 0 bridgehead atoms. The molecule has 0 unspecified atom stereocenters. The van der Waals surface area contributed by atoms with Crippen molar-refractivity contribution in [3.63, 3.8) is 0 Å². The highest BCUT2D eigenvalue weighted by Gasteiger charge is 2.52. The van der Waals surface area contributed by atoms with Crippen molar-refractivity contribution < 1.29 is 14.4 Å². The molecule has 1 aliphatic rings. The maximum atomic E-state index is 9.38. The summed E-state index contributed by atoms with van der Waals surface area (Å²) in [5, 5.41) is 14.5. The number of aryl methyl sites for hydroxylation is 1. The van der Waals surface area contributed by atoms with Crippen molar-refractivity contribution >= 4 is 23.5 Å². The Hall–Kier alpha value is -1.37. The Kier molecular flexibility index (Phi) is 3.17. The fourth-order valence-electron chi connectivity index (χ4n) is 2.63. The van der Waals surface area contributed by atoms with Crippen LogP contribution in [0.3, 0.4) is 0 Å². The zero-order chi connectivity index (χ0) is 15.4. The smallest absolute Gasteiger partial charge is 0.399 e. The Morgan fingerprint density at radius 1 is 1.19 bits per heavy atom. The minimum absolute atomic E-state index is 0.143. The van der Waals surface area contributed by atoms with E-state index in [4.69, 9.17) is 9.31 Å². The van der Waals surface area contributed by atoms with Crippen LogP contribution in [0.5, 0.6) is 0 Å². The summed E-state index contributed by atoms with van der Waals surface area (Å²) in [4.78, 5) is 0. The van der Waals surface area contributed by atoms with Gasteiger partial charge >= 0.3 is 7.12 Å². The molecule has 1 fully saturated rings. The Morgan fingerprint density at radius 2 is 1.81 bits per heavy atom. The number of nitrogens with zero attached hydrogens (tertiary/aromatic N) is 2. The van der Waals surface area contributed by atoms with Gasteiger partial charge < -0.3 is 14.4 Å². The van der Waals surface area contributed by atoms with Crippen LogP contribution < -0.4 is 5.46 Å². The highest BCUT2D eigenvalue weighted by molar-refractivity contribution is 6.65. The number of aromatic nitrogens is 2. The Labute approximate surface area is 125 Å². The predicted molar refractivity (Wildman–Crippen MR) is 82.4 cm³/mol. The van der Waals surface area contributed by atoms with E-state index in [1.54, 1.807) is 10.9 Å². The predicted octanol–water partition coefficient (Wildman–Crippen LogP) is 1.59. The van der Waals surface area contributed by atoms with Crippen molar-refractivity contribution in [1.29, 1.82) is 0 Å². The summed E-state index contributed by atoms with van der Waals surface area (Å²) in [6.07, 6.45) is 1.76. The van der Waals surface area contributed by atoms with E-state index in [2.05, 4.69) is 11.2 Å². The molecular weight excluding hydrogens is 267 g/mol. The topological polar surface area (TPSA) is 56.5 Å². The molecule has 1 aromatic carbocycles. The van der Waals surface area contributed by atoms with Gasteiger partial charge in [-0.3, -0.25) is 0 Å². The zero-order valence-corrected chi connectivity index (χ0v) is 13.2. The van der Waals surface area contributed by atoms with Gasteiger partial charge in [-0.1, -0.05) is 6.07 Å². The van der Waals surface area contributed by atoms with Crippen molar-refractivity contribution in [3.05, 3.63) is 23.9 Å². The largest absolute Gasteiger partial charge is 0.495 e. The van der Waals surface area contributed by atoms with Crippen molar-refractivity contribution in [2.75, 3.05) is 0 Å². The molecule has 21 heavy (non-hydrogen) atoms. The molecule has 0 radical (unpaired) electrons. The van der Waals surface area contributed by atoms with Crippen LogP contribution >= 0.6 is 0 Å². The van der Waals surface area contributed by atoms with E-state index in [1.165, 1.54) is 0 Å². The third kappa shape index (κ3) is 2.18. The number of rotatable bonds is 2. The van der Waals surface area contributed by atoms with Gasteiger partial charge in [0.1, 0.15) is 6.73 Å². The lowest BCUT2D eigenvalue weighted by atomic mass is 9.76. The van der Waals surface area contributed by atoms with E-state index in [0.717, 1.165) is 21.9 Å². The van der Waals surface area contributed by atoms with E-state index in [9.17, 15) is 5.11 Å². The van der Waals surface area contributed by atoms with Crippen LogP contribution in [0.2, 0.25) is 0 Å². The lowest BCUT2D eigenvalue weighted by Gasteiger charge is -2.32. The highest BCUT2D eigenvalue weighted by Crippen LogP contribution is 2.37. The molecule has 112 valence electrons. The molecule has 1 aromatic heterocycles. The Morgan fingerprint density at radius 3 is 2.38 bits per heavy atom. The van der Waals surface area contributed by atoms with Crippen molar-refractivity contribution in [3.8, 4) is 0 Å². The SMILES string of the molecule is Cc1cc(B2OC(C)(C)C(C)(C)O2)c2cnn(CO)c2c1. The number of aliphatic hydroxyl groups is 1. The van der Waals surface area contributed by atoms with Crippen LogP contribution in [0.1, 0.15) is 33.3 Å². The second kappa shape index (κ2) is 4.56. The lowest BCUT2D eigenvalue weighted by Crippen LogP contribution is -2.41. The molecule has 5 nitrogen and oxygen atoms in total. The van der Waals surface area contributed by atoms with Crippen LogP contribution in [-0.2, 0) is 16.0 Å². The first-order chi connectivity index (χ1) is 9.75. The maximum Gasteiger partial charge on any atom is 0.495 e. The van der Waals surface area contributed by atoms with Crippen LogP contribution in [-0.4, -0.2) is 33.2 Å². The Bertz CT molecular complexity index is 678. The fraction of sp³-hybridized carbons (Fsp3) is 0.533. The summed E-state index contributed by atoms with van der Waals surface area (Å²) < 4.78 is 13.8. The minimum atomic E-state index is -0.422. The van der Waals surface area contributed by atoms with Crippen molar-refractivity contribution in [2.24, 2.45) is 0 Å². The van der Waals surface area contributed by atoms with Gasteiger partial charge in [0.05, 0.1) is 22.9 Å². The molecule has 0 amide bonds. The summed E-state index contributed by atoms with van der Waals surface area (Å²) in [5.41, 5.74) is 2.19. The molecule has 6 heteroatoms. The standard InChI is InChI=1S/C15H21BN2O3/c1-10-6-12(11-8-17-18(9-19)13(11)7-10)16-20-14(2,3)15(4,5)21-16/h6-8,19H,9H2,1-5H3. The van der Waals surface area contributed by atoms with Gasteiger partial charge in [-0.2, -0.15) is 5.10 Å². The molecule has 2 heterocycles. The number of hydrogen-bond donors (Lipinski definition) is 1. The first-order valence-electron chi connectivity index (χ1n) is 7.18. The maximum absolute atomic E-state index is 9.38. The van der Waals surface area contributed by atoms with Gasteiger partial charge in [-0.05, 0) is 51.7 Å². The molecule has 1 aliphatic heterocycles. The van der Waals surface area contributed by atoms with Gasteiger partial charge in [0.25, 0.3) is 0 Å². The van der Waals surface area contributed by atoms with Crippen molar-refractivity contribution in [2.45, 2.75) is 52.6 Å². The number of hydrogen-bond acceptors (Lipinski definition) is 4. The zero-order valence-electron chi connectivity index (χ0n) is 13.2. The van der Waals surface area contributed by atoms with E-state index >= 15 is 0 Å². The first kappa shape index (κ1) is 14.6. The van der Waals surface area contributed by atoms with Crippen LogP contribution in [0, 0.1) is 6.92 Å². The molecule has 0 spiro atoms. The molecule has 0 atom stereocenters. The molecule has 1 saturated heterocycles. The monoisotopic (exact) mass is 288 g/mol. The van der Waals surface area contributed by atoms with Crippen LogP contribution in [0.15, 0.2) is 18.3 Å². The second-order valence-electron chi connectivity index (χ2n) is 6.66. The van der Waals surface area contributed by atoms with Gasteiger partial charge in [0, 0.05) is 5.39 Å². The van der Waals surface area contributed by atoms with Gasteiger partial charge in [-0.15, -0.1) is 0 Å². The summed E-state index contributed by atoms with van der Waals surface area (Å²) >= 11 is 0. The van der Waals surface area contributed by atoms with Gasteiger partial charge in [0.2, 0.25) is 0 Å². The molecule has 3 rings (SSSR count). The third-order valence-electron chi connectivity index (χ3n) is 4.58. The molecule has 2 aromatic rings. The molecule has 0 saturated carbocycles. The lowest BCUT2D eigenvalue weighted by molar-refractivity contribution is 0.00578. The molecule has 1 N–H and O–H groups in total. The third-order valence-corrected chi connectivity index (χ3v) is 4.58. The summed E-state index contributed by atoms with van der Waals surface area (Å²) in [7, 11) is -0.422. The average Bonchev–Trinajstić information content (AvgIpc) is 2.87. The van der Waals surface area contributed by atoms with Gasteiger partial charge in [-0.25, -0.2) is 4.68 Å². The normalized spacial score (nSPS) is 20.4. The number of aliphatic hydroxyl groups excluding tert-OH is 1. The highest BCUT2D eigenvalue weighted by atomic mass is 16.7. The first-order valence-corrected chi connectivity index (χ1v) is 7.18. The minimum Gasteiger partial charge on any atom is -0.399 e. The van der Waals surface area contributed by atoms with Gasteiger partial charge in [0.15, 0.2) is 0 Å². The summed E-state index contributed by atoms with van der Waals surface area (Å²) in [6.45, 7) is 10.0. The number of fused-ring (bicyclic) bond motifs is 1. The summed E-state index contributed by atoms with van der Waals surface area (Å²) in [5.74, 6) is 0. The molecular formula is C15H21BN2O3. The van der Waals surface area contributed by atoms with E-state index in [-0.39, 0.29) is 17.9 Å². The summed E-state index contributed by atoms with van der Waals surface area (Å²) in [6, 6.07) is 4.07. The quantitative estimate of drug-likeness (QED) is 0.853. The van der Waals surface area contributed by atoms with Crippen molar-refractivity contribution in [1.82, 2.24) is 9.78 Å². The van der Waals surface area contributed by atoms with Crippen LogP contribution in [0.4, 0.5) is 0 Å². The Balaban J connectivity index is 2.12. The number of benzene rings is 1.